The molecule has 0 bridgehead atoms. The van der Waals surface area contributed by atoms with Gasteiger partial charge in [-0.3, -0.25) is 4.79 Å². The van der Waals surface area contributed by atoms with Gasteiger partial charge < -0.3 is 14.6 Å². The van der Waals surface area contributed by atoms with E-state index >= 15 is 0 Å². The lowest BCUT2D eigenvalue weighted by Crippen LogP contribution is -2.25. The zero-order valence-corrected chi connectivity index (χ0v) is 19.7. The van der Waals surface area contributed by atoms with Gasteiger partial charge in [-0.2, -0.15) is 0 Å². The monoisotopic (exact) mass is 461 g/mol. The average Bonchev–Trinajstić information content (AvgIpc) is 3.17. The number of ether oxygens (including phenoxy) is 1. The van der Waals surface area contributed by atoms with Crippen LogP contribution in [0.3, 0.4) is 0 Å². The fourth-order valence-corrected chi connectivity index (χ4v) is 4.10. The third kappa shape index (κ3) is 5.37. The smallest absolute Gasteiger partial charge is 0.252 e. The minimum absolute atomic E-state index is 0.156. The number of para-hydroxylation sites is 2. The molecule has 0 fully saturated rings. The molecular formula is C27H28ClN3O2. The number of imidazole rings is 1. The van der Waals surface area contributed by atoms with Crippen molar-refractivity contribution in [1.82, 2.24) is 14.9 Å². The van der Waals surface area contributed by atoms with Crippen LogP contribution in [0, 0.1) is 13.8 Å². The number of hydrogen-bond acceptors (Lipinski definition) is 3. The van der Waals surface area contributed by atoms with E-state index in [0.717, 1.165) is 35.4 Å². The van der Waals surface area contributed by atoms with Crippen LogP contribution in [0.1, 0.15) is 33.7 Å². The number of rotatable bonds is 9. The Balaban J connectivity index is 1.39. The molecule has 0 spiro atoms. The molecule has 0 atom stereocenters. The summed E-state index contributed by atoms with van der Waals surface area (Å²) in [6.45, 7) is 5.98. The Morgan fingerprint density at radius 3 is 2.67 bits per heavy atom. The van der Waals surface area contributed by atoms with E-state index in [1.807, 2.05) is 42.5 Å². The van der Waals surface area contributed by atoms with Crippen molar-refractivity contribution in [3.63, 3.8) is 0 Å². The molecule has 0 aliphatic heterocycles. The lowest BCUT2D eigenvalue weighted by atomic mass is 10.1. The summed E-state index contributed by atoms with van der Waals surface area (Å²) < 4.78 is 8.31. The Bertz CT molecular complexity index is 1270. The van der Waals surface area contributed by atoms with Crippen LogP contribution in [0.2, 0.25) is 5.02 Å². The van der Waals surface area contributed by atoms with E-state index in [1.54, 1.807) is 12.1 Å². The lowest BCUT2D eigenvalue weighted by Gasteiger charge is -2.13. The number of aryl methyl sites for hydroxylation is 2. The zero-order chi connectivity index (χ0) is 23.2. The molecule has 6 heteroatoms. The minimum atomic E-state index is -0.156. The van der Waals surface area contributed by atoms with Gasteiger partial charge in [0.1, 0.15) is 18.2 Å². The normalized spacial score (nSPS) is 11.0. The topological polar surface area (TPSA) is 56.1 Å². The minimum Gasteiger partial charge on any atom is -0.491 e. The van der Waals surface area contributed by atoms with Gasteiger partial charge in [-0.25, -0.2) is 4.98 Å². The molecule has 0 aliphatic carbocycles. The van der Waals surface area contributed by atoms with E-state index in [-0.39, 0.29) is 5.91 Å². The number of carbonyl (C=O) groups is 1. The number of benzene rings is 3. The number of carbonyl (C=O) groups excluding carboxylic acids is 1. The Morgan fingerprint density at radius 2 is 1.82 bits per heavy atom. The summed E-state index contributed by atoms with van der Waals surface area (Å²) >= 11 is 6.12. The standard InChI is InChI=1S/C27H28ClN3O2/c1-19-9-7-14-25(20(19)2)33-18-17-31-24-13-6-5-12-23(24)30-26(31)15-8-16-29-27(32)21-10-3-4-11-22(21)28/h3-7,9-14H,8,15-18H2,1-2H3,(H,29,32). The molecule has 0 aliphatic rings. The molecule has 0 radical (unpaired) electrons. The number of halogens is 1. The van der Waals surface area contributed by atoms with Crippen molar-refractivity contribution in [2.45, 2.75) is 33.2 Å². The van der Waals surface area contributed by atoms with Crippen LogP contribution >= 0.6 is 11.6 Å². The van der Waals surface area contributed by atoms with Crippen molar-refractivity contribution < 1.29 is 9.53 Å². The summed E-state index contributed by atoms with van der Waals surface area (Å²) in [6.07, 6.45) is 1.53. The van der Waals surface area contributed by atoms with Gasteiger partial charge in [-0.1, -0.05) is 48.0 Å². The molecule has 4 aromatic rings. The van der Waals surface area contributed by atoms with Crippen LogP contribution in [-0.2, 0) is 13.0 Å². The summed E-state index contributed by atoms with van der Waals surface area (Å²) in [5.74, 6) is 1.76. The van der Waals surface area contributed by atoms with Gasteiger partial charge in [0, 0.05) is 13.0 Å². The highest BCUT2D eigenvalue weighted by molar-refractivity contribution is 6.33. The number of aromatic nitrogens is 2. The molecule has 3 aromatic carbocycles. The average molecular weight is 462 g/mol. The van der Waals surface area contributed by atoms with Crippen LogP contribution < -0.4 is 10.1 Å². The quantitative estimate of drug-likeness (QED) is 0.323. The largest absolute Gasteiger partial charge is 0.491 e. The Labute approximate surface area is 199 Å². The Kier molecular flexibility index (Phi) is 7.30. The first-order valence-electron chi connectivity index (χ1n) is 11.2. The first kappa shape index (κ1) is 22.9. The lowest BCUT2D eigenvalue weighted by molar-refractivity contribution is 0.0953. The number of nitrogens with zero attached hydrogens (tertiary/aromatic N) is 2. The van der Waals surface area contributed by atoms with Gasteiger partial charge in [0.25, 0.3) is 5.91 Å². The predicted molar refractivity (Wildman–Crippen MR) is 133 cm³/mol. The molecule has 33 heavy (non-hydrogen) atoms. The molecule has 0 saturated heterocycles. The summed E-state index contributed by atoms with van der Waals surface area (Å²) in [4.78, 5) is 17.2. The van der Waals surface area contributed by atoms with Crippen molar-refractivity contribution in [2.24, 2.45) is 0 Å². The second-order valence-corrected chi connectivity index (χ2v) is 8.46. The molecule has 4 rings (SSSR count). The highest BCUT2D eigenvalue weighted by Gasteiger charge is 2.12. The first-order chi connectivity index (χ1) is 16.0. The molecule has 1 heterocycles. The first-order valence-corrected chi connectivity index (χ1v) is 11.6. The third-order valence-electron chi connectivity index (χ3n) is 5.84. The Hall–Kier alpha value is -3.31. The summed E-state index contributed by atoms with van der Waals surface area (Å²) in [5, 5.41) is 3.41. The maximum absolute atomic E-state index is 12.4. The number of hydrogen-bond donors (Lipinski definition) is 1. The van der Waals surface area contributed by atoms with E-state index in [1.165, 1.54) is 11.1 Å². The molecule has 1 N–H and O–H groups in total. The summed E-state index contributed by atoms with van der Waals surface area (Å²) in [6, 6.07) is 21.3. The highest BCUT2D eigenvalue weighted by Crippen LogP contribution is 2.22. The molecule has 1 aromatic heterocycles. The van der Waals surface area contributed by atoms with E-state index < -0.39 is 0 Å². The molecular weight excluding hydrogens is 434 g/mol. The molecule has 5 nitrogen and oxygen atoms in total. The maximum Gasteiger partial charge on any atom is 0.252 e. The van der Waals surface area contributed by atoms with Crippen LogP contribution in [0.5, 0.6) is 5.75 Å². The maximum atomic E-state index is 12.4. The van der Waals surface area contributed by atoms with E-state index in [2.05, 4.69) is 35.9 Å². The SMILES string of the molecule is Cc1cccc(OCCn2c(CCCNC(=O)c3ccccc3Cl)nc3ccccc32)c1C. The van der Waals surface area contributed by atoms with Crippen LogP contribution in [0.25, 0.3) is 11.0 Å². The highest BCUT2D eigenvalue weighted by atomic mass is 35.5. The van der Waals surface area contributed by atoms with E-state index in [4.69, 9.17) is 21.3 Å². The molecule has 0 unspecified atom stereocenters. The van der Waals surface area contributed by atoms with Crippen molar-refractivity contribution in [3.8, 4) is 5.75 Å². The van der Waals surface area contributed by atoms with Crippen molar-refractivity contribution in [2.75, 3.05) is 13.2 Å². The Morgan fingerprint density at radius 1 is 1.03 bits per heavy atom. The van der Waals surface area contributed by atoms with Gasteiger partial charge in [0.2, 0.25) is 0 Å². The zero-order valence-electron chi connectivity index (χ0n) is 19.0. The number of fused-ring (bicyclic) bond motifs is 1. The second kappa shape index (κ2) is 10.5. The molecule has 0 saturated carbocycles. The van der Waals surface area contributed by atoms with Crippen LogP contribution in [0.4, 0.5) is 0 Å². The van der Waals surface area contributed by atoms with Crippen molar-refractivity contribution in [3.05, 3.63) is 94.3 Å². The van der Waals surface area contributed by atoms with Gasteiger partial charge in [0.15, 0.2) is 0 Å². The van der Waals surface area contributed by atoms with Crippen LogP contribution in [0.15, 0.2) is 66.7 Å². The molecule has 1 amide bonds. The van der Waals surface area contributed by atoms with E-state index in [9.17, 15) is 4.79 Å². The van der Waals surface area contributed by atoms with E-state index in [0.29, 0.717) is 30.3 Å². The van der Waals surface area contributed by atoms with Gasteiger partial charge >= 0.3 is 0 Å². The van der Waals surface area contributed by atoms with Crippen molar-refractivity contribution >= 4 is 28.5 Å². The van der Waals surface area contributed by atoms with Gasteiger partial charge in [-0.15, -0.1) is 0 Å². The number of nitrogens with one attached hydrogen (secondary N) is 1. The summed E-state index contributed by atoms with van der Waals surface area (Å²) in [7, 11) is 0. The number of amides is 1. The fraction of sp³-hybridized carbons (Fsp3) is 0.259. The summed E-state index contributed by atoms with van der Waals surface area (Å²) in [5.41, 5.74) is 4.95. The third-order valence-corrected chi connectivity index (χ3v) is 6.17. The second-order valence-electron chi connectivity index (χ2n) is 8.05. The fourth-order valence-electron chi connectivity index (χ4n) is 3.88. The van der Waals surface area contributed by atoms with Crippen LogP contribution in [-0.4, -0.2) is 28.6 Å². The van der Waals surface area contributed by atoms with Gasteiger partial charge in [0.05, 0.1) is 28.2 Å². The van der Waals surface area contributed by atoms with Gasteiger partial charge in [-0.05, 0) is 61.7 Å². The predicted octanol–water partition coefficient (Wildman–Crippen LogP) is 5.75. The molecule has 170 valence electrons. The van der Waals surface area contributed by atoms with Crippen molar-refractivity contribution in [1.29, 1.82) is 0 Å².